The maximum absolute atomic E-state index is 11.3. The molecule has 1 heterocycles. The minimum absolute atomic E-state index is 0.242. The number of likely N-dealkylation sites (tertiary alicyclic amines) is 1. The predicted molar refractivity (Wildman–Crippen MR) is 79.0 cm³/mol. The Hall–Kier alpha value is -0.570. The van der Waals surface area contributed by atoms with E-state index < -0.39 is 0 Å². The molecule has 2 rings (SSSR count). The van der Waals surface area contributed by atoms with Crippen molar-refractivity contribution in [2.45, 2.75) is 46.0 Å². The highest BCUT2D eigenvalue weighted by Gasteiger charge is 2.27. The Morgan fingerprint density at radius 1 is 1.21 bits per heavy atom. The molecule has 3 nitrogen and oxygen atoms in total. The molecule has 1 saturated carbocycles. The Balaban J connectivity index is 1.72. The summed E-state index contributed by atoms with van der Waals surface area (Å²) >= 11 is 0. The van der Waals surface area contributed by atoms with Crippen LogP contribution in [0, 0.1) is 17.8 Å². The second-order valence-electron chi connectivity index (χ2n) is 6.86. The smallest absolute Gasteiger partial charge is 0.219 e. The molecule has 2 fully saturated rings. The molecule has 0 radical (unpaired) electrons. The lowest BCUT2D eigenvalue weighted by Crippen LogP contribution is -2.35. The van der Waals surface area contributed by atoms with E-state index >= 15 is 0 Å². The Bertz CT molecular complexity index is 305. The summed E-state index contributed by atoms with van der Waals surface area (Å²) in [6, 6.07) is 0. The van der Waals surface area contributed by atoms with Gasteiger partial charge in [-0.2, -0.15) is 0 Å². The molecule has 1 amide bonds. The van der Waals surface area contributed by atoms with E-state index in [0.29, 0.717) is 5.92 Å². The van der Waals surface area contributed by atoms with Crippen molar-refractivity contribution in [3.63, 3.8) is 0 Å². The van der Waals surface area contributed by atoms with Gasteiger partial charge in [0.1, 0.15) is 0 Å². The monoisotopic (exact) mass is 266 g/mol. The number of hydrogen-bond donors (Lipinski definition) is 0. The highest BCUT2D eigenvalue weighted by molar-refractivity contribution is 5.73. The van der Waals surface area contributed by atoms with Crippen molar-refractivity contribution in [3.05, 3.63) is 0 Å². The van der Waals surface area contributed by atoms with E-state index in [-0.39, 0.29) is 5.91 Å². The van der Waals surface area contributed by atoms with Crippen LogP contribution in [-0.2, 0) is 4.79 Å². The van der Waals surface area contributed by atoms with Gasteiger partial charge in [0.2, 0.25) is 5.91 Å². The van der Waals surface area contributed by atoms with Crippen molar-refractivity contribution >= 4 is 5.91 Å². The summed E-state index contributed by atoms with van der Waals surface area (Å²) in [5, 5.41) is 0. The van der Waals surface area contributed by atoms with E-state index in [0.717, 1.165) is 31.5 Å². The largest absolute Gasteiger partial charge is 0.343 e. The van der Waals surface area contributed by atoms with Gasteiger partial charge in [0, 0.05) is 33.1 Å². The Morgan fingerprint density at radius 3 is 2.58 bits per heavy atom. The van der Waals surface area contributed by atoms with Gasteiger partial charge in [-0.1, -0.05) is 26.2 Å². The van der Waals surface area contributed by atoms with Gasteiger partial charge in [-0.05, 0) is 37.6 Å². The third-order valence-electron chi connectivity index (χ3n) is 5.14. The van der Waals surface area contributed by atoms with Gasteiger partial charge in [0.05, 0.1) is 0 Å². The second kappa shape index (κ2) is 6.74. The minimum atomic E-state index is 0.242. The van der Waals surface area contributed by atoms with Crippen molar-refractivity contribution < 1.29 is 4.79 Å². The van der Waals surface area contributed by atoms with E-state index in [1.807, 2.05) is 4.90 Å². The lowest BCUT2D eigenvalue weighted by atomic mass is 9.80. The third-order valence-corrected chi connectivity index (χ3v) is 5.14. The average molecular weight is 266 g/mol. The molecule has 1 saturated heterocycles. The van der Waals surface area contributed by atoms with Gasteiger partial charge in [-0.15, -0.1) is 0 Å². The van der Waals surface area contributed by atoms with Crippen molar-refractivity contribution in [1.82, 2.24) is 9.80 Å². The van der Waals surface area contributed by atoms with Crippen LogP contribution in [0.1, 0.15) is 46.0 Å². The highest BCUT2D eigenvalue weighted by Crippen LogP contribution is 2.30. The van der Waals surface area contributed by atoms with Crippen LogP contribution in [0.5, 0.6) is 0 Å². The fourth-order valence-corrected chi connectivity index (χ4v) is 3.85. The van der Waals surface area contributed by atoms with Gasteiger partial charge in [0.15, 0.2) is 0 Å². The zero-order valence-electron chi connectivity index (χ0n) is 12.9. The zero-order valence-corrected chi connectivity index (χ0v) is 12.9. The maximum atomic E-state index is 11.3. The summed E-state index contributed by atoms with van der Waals surface area (Å²) in [6.45, 7) is 8.46. The van der Waals surface area contributed by atoms with Crippen molar-refractivity contribution in [2.75, 3.05) is 33.2 Å². The third kappa shape index (κ3) is 4.20. The van der Waals surface area contributed by atoms with Gasteiger partial charge in [-0.25, -0.2) is 0 Å². The highest BCUT2D eigenvalue weighted by atomic mass is 16.2. The minimum Gasteiger partial charge on any atom is -0.343 e. The van der Waals surface area contributed by atoms with E-state index in [1.54, 1.807) is 6.92 Å². The lowest BCUT2D eigenvalue weighted by Gasteiger charge is -2.33. The molecule has 2 aliphatic rings. The molecule has 3 atom stereocenters. The zero-order chi connectivity index (χ0) is 13.8. The number of carbonyl (C=O) groups excluding carboxylic acids is 1. The first kappa shape index (κ1) is 14.8. The molecule has 0 N–H and O–H groups in total. The van der Waals surface area contributed by atoms with E-state index in [4.69, 9.17) is 0 Å². The van der Waals surface area contributed by atoms with Crippen LogP contribution in [0.25, 0.3) is 0 Å². The first-order valence-corrected chi connectivity index (χ1v) is 8.00. The van der Waals surface area contributed by atoms with Crippen molar-refractivity contribution in [2.24, 2.45) is 17.8 Å². The lowest BCUT2D eigenvalue weighted by molar-refractivity contribution is -0.127. The first-order valence-electron chi connectivity index (χ1n) is 8.00. The standard InChI is InChI=1S/C16H30N2O/c1-13-6-4-5-7-16(13)12-17(3)10-15-8-9-18(11-15)14(2)19/h13,15-16H,4-12H2,1-3H3/t13-,15-,16+/m1/s1. The summed E-state index contributed by atoms with van der Waals surface area (Å²) < 4.78 is 0. The molecule has 110 valence electrons. The van der Waals surface area contributed by atoms with Gasteiger partial charge in [0.25, 0.3) is 0 Å². The van der Waals surface area contributed by atoms with Crippen LogP contribution in [0.15, 0.2) is 0 Å². The number of amides is 1. The van der Waals surface area contributed by atoms with Gasteiger partial charge >= 0.3 is 0 Å². The molecule has 3 heteroatoms. The van der Waals surface area contributed by atoms with Crippen LogP contribution >= 0.6 is 0 Å². The quantitative estimate of drug-likeness (QED) is 0.781. The number of hydrogen-bond acceptors (Lipinski definition) is 2. The topological polar surface area (TPSA) is 23.6 Å². The number of carbonyl (C=O) groups is 1. The molecular formula is C16H30N2O. The molecule has 0 aromatic heterocycles. The molecule has 0 spiro atoms. The Labute approximate surface area is 118 Å². The number of nitrogens with zero attached hydrogens (tertiary/aromatic N) is 2. The van der Waals surface area contributed by atoms with Crippen LogP contribution in [0.3, 0.4) is 0 Å². The van der Waals surface area contributed by atoms with Crippen LogP contribution < -0.4 is 0 Å². The van der Waals surface area contributed by atoms with E-state index in [9.17, 15) is 4.79 Å². The summed E-state index contributed by atoms with van der Waals surface area (Å²) in [4.78, 5) is 15.9. The van der Waals surface area contributed by atoms with Crippen molar-refractivity contribution in [1.29, 1.82) is 0 Å². The van der Waals surface area contributed by atoms with Gasteiger partial charge < -0.3 is 9.80 Å². The molecule has 1 aliphatic heterocycles. The summed E-state index contributed by atoms with van der Waals surface area (Å²) in [6.07, 6.45) is 6.86. The fourth-order valence-electron chi connectivity index (χ4n) is 3.85. The van der Waals surface area contributed by atoms with Crippen LogP contribution in [0.4, 0.5) is 0 Å². The summed E-state index contributed by atoms with van der Waals surface area (Å²) in [5.74, 6) is 2.72. The van der Waals surface area contributed by atoms with E-state index in [2.05, 4.69) is 18.9 Å². The molecular weight excluding hydrogens is 236 g/mol. The molecule has 0 aromatic carbocycles. The molecule has 1 aliphatic carbocycles. The van der Waals surface area contributed by atoms with Crippen LogP contribution in [0.2, 0.25) is 0 Å². The summed E-state index contributed by atoms with van der Waals surface area (Å²) in [5.41, 5.74) is 0. The second-order valence-corrected chi connectivity index (χ2v) is 6.86. The maximum Gasteiger partial charge on any atom is 0.219 e. The molecule has 0 unspecified atom stereocenters. The Morgan fingerprint density at radius 2 is 1.95 bits per heavy atom. The Kier molecular flexibility index (Phi) is 5.26. The van der Waals surface area contributed by atoms with Crippen molar-refractivity contribution in [3.8, 4) is 0 Å². The molecule has 19 heavy (non-hydrogen) atoms. The summed E-state index contributed by atoms with van der Waals surface area (Å²) in [7, 11) is 2.26. The first-order chi connectivity index (χ1) is 9.06. The molecule has 0 aromatic rings. The average Bonchev–Trinajstić information content (AvgIpc) is 2.80. The normalized spacial score (nSPS) is 32.0. The fraction of sp³-hybridized carbons (Fsp3) is 0.938. The van der Waals surface area contributed by atoms with Crippen LogP contribution in [-0.4, -0.2) is 48.9 Å². The number of rotatable bonds is 4. The van der Waals surface area contributed by atoms with E-state index in [1.165, 1.54) is 38.6 Å². The SMILES string of the molecule is CC(=O)N1CC[C@H](CN(C)C[C@@H]2CCCC[C@H]2C)C1. The predicted octanol–water partition coefficient (Wildman–Crippen LogP) is 2.61. The molecule has 0 bridgehead atoms. The van der Waals surface area contributed by atoms with Gasteiger partial charge in [-0.3, -0.25) is 4.79 Å².